The molecule has 0 N–H and O–H groups in total. The van der Waals surface area contributed by atoms with Gasteiger partial charge in [0.25, 0.3) is 0 Å². The van der Waals surface area contributed by atoms with Crippen molar-refractivity contribution < 1.29 is 0 Å². The maximum absolute atomic E-state index is 5.78. The van der Waals surface area contributed by atoms with Crippen molar-refractivity contribution in [3.63, 3.8) is 0 Å². The number of para-hydroxylation sites is 8. The monoisotopic (exact) mass is 998 g/mol. The summed E-state index contributed by atoms with van der Waals surface area (Å²) in [6.07, 6.45) is 6.28. The summed E-state index contributed by atoms with van der Waals surface area (Å²) >= 11 is 0. The Kier molecular flexibility index (Phi) is 9.53. The van der Waals surface area contributed by atoms with Crippen molar-refractivity contribution in [1.82, 2.24) is 37.8 Å². The van der Waals surface area contributed by atoms with Crippen LogP contribution in [0, 0.1) is 0 Å². The average Bonchev–Trinajstić information content (AvgIpc) is 4.47. The second-order valence-corrected chi connectivity index (χ2v) is 20.0. The highest BCUT2D eigenvalue weighted by atomic mass is 15.3. The molecule has 0 bridgehead atoms. The van der Waals surface area contributed by atoms with Crippen LogP contribution in [0.25, 0.3) is 144 Å². The van der Waals surface area contributed by atoms with Crippen LogP contribution in [0.1, 0.15) is 12.7 Å². The summed E-state index contributed by atoms with van der Waals surface area (Å²) in [6.45, 7) is 6.75. The van der Waals surface area contributed by atoms with Gasteiger partial charge in [0.05, 0.1) is 55.2 Å². The Morgan fingerprint density at radius 3 is 1.00 bits per heavy atom. The standard InChI is InChI=1S/C70H46N8/c1-3-45(39-38-44(2)74-58-32-16-10-26-48(58)49-27-11-17-33-59(49)74)68-71-69(77-62-36-20-14-30-52(62)56-42-40-54-50-28-12-18-34-60(50)75(64(54)66(56)77)46-22-6-4-7-23-46)73-70(72-68)78-63-37-21-15-31-53(63)57-43-41-55-51-29-13-19-35-61(51)76(65(55)67(57)78)47-24-8-5-9-25-47/h3-43H,2H2,1H3/b39-38-,45-3+. The number of nitrogens with zero attached hydrogens (tertiary/aromatic N) is 8. The Balaban J connectivity index is 1.03. The maximum Gasteiger partial charge on any atom is 0.240 e. The van der Waals surface area contributed by atoms with E-state index in [1.165, 1.54) is 21.5 Å². The Bertz CT molecular complexity index is 4930. The highest BCUT2D eigenvalue weighted by molar-refractivity contribution is 6.25. The summed E-state index contributed by atoms with van der Waals surface area (Å²) in [4.78, 5) is 17.1. The van der Waals surface area contributed by atoms with Gasteiger partial charge in [-0.1, -0.05) is 183 Å². The first-order valence-corrected chi connectivity index (χ1v) is 26.4. The smallest absolute Gasteiger partial charge is 0.240 e. The molecule has 16 aromatic rings. The SMILES string of the molecule is C=C(/C=C\C(=C/C)c1nc(-n2c3ccccc3c3ccc4c5ccccc5n(-c5ccccc5)c4c32)nc(-n2c3ccccc3c3ccc4c5ccccc5n(-c5ccccc5)c4c32)n1)n1c2ccccc2c2ccccc21. The molecule has 8 nitrogen and oxygen atoms in total. The molecule has 78 heavy (non-hydrogen) atoms. The van der Waals surface area contributed by atoms with Gasteiger partial charge in [-0.15, -0.1) is 0 Å². The third kappa shape index (κ3) is 6.25. The fourth-order valence-corrected chi connectivity index (χ4v) is 12.6. The van der Waals surface area contributed by atoms with E-state index >= 15 is 0 Å². The van der Waals surface area contributed by atoms with Crippen LogP contribution >= 0.6 is 0 Å². The molecule has 10 aromatic carbocycles. The molecule has 8 heteroatoms. The van der Waals surface area contributed by atoms with Gasteiger partial charge in [0, 0.05) is 76.5 Å². The molecule has 0 aliphatic rings. The molecule has 0 atom stereocenters. The minimum Gasteiger partial charge on any atom is -0.310 e. The topological polar surface area (TPSA) is 63.3 Å². The lowest BCUT2D eigenvalue weighted by molar-refractivity contribution is 0.875. The summed E-state index contributed by atoms with van der Waals surface area (Å²) in [6, 6.07) is 82.1. The molecule has 0 saturated carbocycles. The van der Waals surface area contributed by atoms with E-state index in [0.29, 0.717) is 17.7 Å². The highest BCUT2D eigenvalue weighted by Gasteiger charge is 2.27. The lowest BCUT2D eigenvalue weighted by atomic mass is 10.1. The fourth-order valence-electron chi connectivity index (χ4n) is 12.6. The van der Waals surface area contributed by atoms with Gasteiger partial charge in [0.1, 0.15) is 0 Å². The van der Waals surface area contributed by atoms with Crippen molar-refractivity contribution in [3.8, 4) is 23.3 Å². The van der Waals surface area contributed by atoms with Gasteiger partial charge in [-0.05, 0) is 79.7 Å². The van der Waals surface area contributed by atoms with Crippen molar-refractivity contribution >= 4 is 120 Å². The van der Waals surface area contributed by atoms with Crippen molar-refractivity contribution in [1.29, 1.82) is 0 Å². The van der Waals surface area contributed by atoms with Gasteiger partial charge in [0.15, 0.2) is 5.82 Å². The highest BCUT2D eigenvalue weighted by Crippen LogP contribution is 2.44. The van der Waals surface area contributed by atoms with Gasteiger partial charge in [0.2, 0.25) is 11.9 Å². The molecule has 0 fully saturated rings. The number of rotatable bonds is 8. The minimum atomic E-state index is 0.495. The Hall–Kier alpha value is -10.6. The molecule has 0 aliphatic heterocycles. The first-order valence-electron chi connectivity index (χ1n) is 26.4. The molecule has 0 spiro atoms. The summed E-state index contributed by atoms with van der Waals surface area (Å²) in [7, 11) is 0. The van der Waals surface area contributed by atoms with Crippen LogP contribution in [0.5, 0.6) is 0 Å². The zero-order valence-corrected chi connectivity index (χ0v) is 42.5. The van der Waals surface area contributed by atoms with Gasteiger partial charge in [-0.25, -0.2) is 0 Å². The quantitative estimate of drug-likeness (QED) is 0.143. The average molecular weight is 999 g/mol. The van der Waals surface area contributed by atoms with Crippen LogP contribution in [0.4, 0.5) is 0 Å². The number of allylic oxidation sites excluding steroid dienone is 5. The molecule has 6 heterocycles. The molecule has 0 unspecified atom stereocenters. The van der Waals surface area contributed by atoms with Gasteiger partial charge in [-0.3, -0.25) is 9.13 Å². The zero-order chi connectivity index (χ0) is 51.6. The molecule has 16 rings (SSSR count). The van der Waals surface area contributed by atoms with Crippen LogP contribution < -0.4 is 0 Å². The molecule has 0 saturated heterocycles. The van der Waals surface area contributed by atoms with E-state index in [0.717, 1.165) is 110 Å². The minimum absolute atomic E-state index is 0.495. The largest absolute Gasteiger partial charge is 0.310 e. The Morgan fingerprint density at radius 2 is 0.628 bits per heavy atom. The van der Waals surface area contributed by atoms with E-state index in [1.54, 1.807) is 0 Å². The number of fused-ring (bicyclic) bond motifs is 17. The number of hydrogen-bond acceptors (Lipinski definition) is 3. The van der Waals surface area contributed by atoms with Gasteiger partial charge in [-0.2, -0.15) is 15.0 Å². The third-order valence-corrected chi connectivity index (χ3v) is 15.9. The predicted molar refractivity (Wildman–Crippen MR) is 325 cm³/mol. The van der Waals surface area contributed by atoms with Crippen molar-refractivity contribution in [2.75, 3.05) is 0 Å². The molecular weight excluding hydrogens is 953 g/mol. The van der Waals surface area contributed by atoms with Crippen LogP contribution in [-0.2, 0) is 0 Å². The van der Waals surface area contributed by atoms with Crippen molar-refractivity contribution in [2.24, 2.45) is 0 Å². The zero-order valence-electron chi connectivity index (χ0n) is 42.5. The lowest BCUT2D eigenvalue weighted by Crippen LogP contribution is -2.12. The van der Waals surface area contributed by atoms with Gasteiger partial charge >= 0.3 is 0 Å². The van der Waals surface area contributed by atoms with Crippen molar-refractivity contribution in [3.05, 3.63) is 261 Å². The number of aromatic nitrogens is 8. The third-order valence-electron chi connectivity index (χ3n) is 15.9. The molecule has 0 amide bonds. The first-order chi connectivity index (χ1) is 38.6. The second-order valence-electron chi connectivity index (χ2n) is 20.0. The van der Waals surface area contributed by atoms with Crippen LogP contribution in [0.15, 0.2) is 255 Å². The normalized spacial score (nSPS) is 12.5. The number of hydrogen-bond donors (Lipinski definition) is 0. The van der Waals surface area contributed by atoms with Gasteiger partial charge < -0.3 is 13.7 Å². The predicted octanol–water partition coefficient (Wildman–Crippen LogP) is 17.5. The second kappa shape index (κ2) is 17.0. The molecule has 0 aliphatic carbocycles. The Labute approximate surface area is 447 Å². The lowest BCUT2D eigenvalue weighted by Gasteiger charge is -2.15. The van der Waals surface area contributed by atoms with E-state index in [-0.39, 0.29) is 0 Å². The summed E-state index contributed by atoms with van der Waals surface area (Å²) in [5, 5.41) is 11.4. The van der Waals surface area contributed by atoms with E-state index < -0.39 is 0 Å². The van der Waals surface area contributed by atoms with E-state index in [1.807, 2.05) is 0 Å². The van der Waals surface area contributed by atoms with Crippen LogP contribution in [0.3, 0.4) is 0 Å². The number of benzene rings is 10. The summed E-state index contributed by atoms with van der Waals surface area (Å²) < 4.78 is 11.6. The summed E-state index contributed by atoms with van der Waals surface area (Å²) in [5.41, 5.74) is 14.3. The molecule has 366 valence electrons. The van der Waals surface area contributed by atoms with Crippen molar-refractivity contribution in [2.45, 2.75) is 6.92 Å². The summed E-state index contributed by atoms with van der Waals surface area (Å²) in [5.74, 6) is 1.51. The van der Waals surface area contributed by atoms with E-state index in [9.17, 15) is 0 Å². The van der Waals surface area contributed by atoms with E-state index in [4.69, 9.17) is 21.5 Å². The molecule has 0 radical (unpaired) electrons. The Morgan fingerprint density at radius 1 is 0.321 bits per heavy atom. The fraction of sp³-hybridized carbons (Fsp3) is 0.0143. The van der Waals surface area contributed by atoms with Crippen LogP contribution in [-0.4, -0.2) is 37.8 Å². The molecular formula is C70H46N8. The molecule has 6 aromatic heterocycles. The maximum atomic E-state index is 5.78. The van der Waals surface area contributed by atoms with E-state index in [2.05, 4.69) is 279 Å². The van der Waals surface area contributed by atoms with Crippen LogP contribution in [0.2, 0.25) is 0 Å². The first kappa shape index (κ1) is 43.8.